The van der Waals surface area contributed by atoms with E-state index in [0.717, 1.165) is 6.42 Å². The molecule has 5 atom stereocenters. The van der Waals surface area contributed by atoms with Crippen LogP contribution in [-0.4, -0.2) is 47.1 Å². The fourth-order valence-corrected chi connectivity index (χ4v) is 3.22. The molecule has 0 amide bonds. The zero-order chi connectivity index (χ0) is 14.4. The number of aliphatic hydroxyl groups is 2. The number of hydrogen-bond acceptors (Lipinski definition) is 6. The van der Waals surface area contributed by atoms with E-state index < -0.39 is 21.3 Å². The predicted molar refractivity (Wildman–Crippen MR) is 58.9 cm³/mol. The molecule has 0 saturated heterocycles. The highest BCUT2D eigenvalue weighted by Gasteiger charge is 2.52. The molecule has 2 saturated carbocycles. The van der Waals surface area contributed by atoms with Crippen LogP contribution in [0.2, 0.25) is 0 Å². The molecule has 3 N–H and O–H groups in total. The Morgan fingerprint density at radius 1 is 1.32 bits per heavy atom. The van der Waals surface area contributed by atoms with Gasteiger partial charge in [0.25, 0.3) is 0 Å². The molecule has 2 fully saturated rings. The molecule has 0 spiro atoms. The Hall–Kier alpha value is -0.770. The van der Waals surface area contributed by atoms with Crippen LogP contribution in [0.4, 0.5) is 4.39 Å². The first-order valence-corrected chi connectivity index (χ1v) is 7.30. The van der Waals surface area contributed by atoms with Crippen LogP contribution in [0.25, 0.3) is 0 Å². The molecule has 0 aromatic heterocycles. The lowest BCUT2D eigenvalue weighted by Crippen LogP contribution is -2.43. The molecule has 2 bridgehead atoms. The predicted octanol–water partition coefficient (Wildman–Crippen LogP) is -0.560. The number of esters is 1. The van der Waals surface area contributed by atoms with Crippen LogP contribution >= 0.6 is 0 Å². The van der Waals surface area contributed by atoms with Crippen LogP contribution in [0.3, 0.4) is 0 Å². The van der Waals surface area contributed by atoms with Crippen molar-refractivity contribution in [2.24, 2.45) is 17.8 Å². The van der Waals surface area contributed by atoms with Gasteiger partial charge in [0.05, 0.1) is 12.7 Å². The summed E-state index contributed by atoms with van der Waals surface area (Å²) in [7, 11) is -5.59. The van der Waals surface area contributed by atoms with Crippen molar-refractivity contribution in [1.29, 1.82) is 0 Å². The summed E-state index contributed by atoms with van der Waals surface area (Å²) in [5.74, 6) is -1.86. The molecule has 2 rings (SSSR count). The van der Waals surface area contributed by atoms with Gasteiger partial charge in [-0.2, -0.15) is 12.8 Å². The van der Waals surface area contributed by atoms with E-state index in [2.05, 4.69) is 4.74 Å². The molecule has 0 aromatic rings. The minimum absolute atomic E-state index is 0.0884. The first kappa shape index (κ1) is 14.6. The number of aliphatic hydroxyl groups excluding tert-OH is 1. The molecule has 0 heterocycles. The van der Waals surface area contributed by atoms with Gasteiger partial charge in [0, 0.05) is 0 Å². The molecule has 0 radical (unpaired) electrons. The molecule has 2 aliphatic carbocycles. The maximum atomic E-state index is 13.1. The van der Waals surface area contributed by atoms with Gasteiger partial charge in [-0.1, -0.05) is 0 Å². The molecule has 0 aliphatic heterocycles. The van der Waals surface area contributed by atoms with E-state index >= 15 is 0 Å². The van der Waals surface area contributed by atoms with Crippen molar-refractivity contribution in [2.75, 3.05) is 6.61 Å². The number of rotatable bonds is 4. The van der Waals surface area contributed by atoms with E-state index in [-0.39, 0.29) is 30.5 Å². The molecule has 2 aliphatic rings. The van der Waals surface area contributed by atoms with Crippen LogP contribution in [0, 0.1) is 17.8 Å². The van der Waals surface area contributed by atoms with Gasteiger partial charge in [0.1, 0.15) is 0 Å². The van der Waals surface area contributed by atoms with Gasteiger partial charge in [0.2, 0.25) is 0 Å². The van der Waals surface area contributed by atoms with Gasteiger partial charge in [-0.25, -0.2) is 4.79 Å². The number of alkyl halides is 1. The second kappa shape index (κ2) is 4.65. The van der Waals surface area contributed by atoms with Crippen molar-refractivity contribution in [2.45, 2.75) is 30.6 Å². The summed E-state index contributed by atoms with van der Waals surface area (Å²) in [5.41, 5.74) is 0. The summed E-state index contributed by atoms with van der Waals surface area (Å²) in [6.07, 6.45) is 1.61. The molecule has 110 valence electrons. The summed E-state index contributed by atoms with van der Waals surface area (Å²) in [6, 6.07) is 0. The van der Waals surface area contributed by atoms with Gasteiger partial charge in [-0.05, 0) is 37.0 Å². The first-order valence-electron chi connectivity index (χ1n) is 5.86. The van der Waals surface area contributed by atoms with Gasteiger partial charge in [-0.3, -0.25) is 4.55 Å². The summed E-state index contributed by atoms with van der Waals surface area (Å²) in [6.45, 7) is -0.242. The van der Waals surface area contributed by atoms with E-state index in [1.807, 2.05) is 0 Å². The third-order valence-electron chi connectivity index (χ3n) is 3.99. The molecule has 5 unspecified atom stereocenters. The van der Waals surface area contributed by atoms with Gasteiger partial charge >= 0.3 is 21.3 Å². The second-order valence-corrected chi connectivity index (χ2v) is 6.68. The summed E-state index contributed by atoms with van der Waals surface area (Å²) < 4.78 is 46.8. The Labute approximate surface area is 109 Å². The average Bonchev–Trinajstić information content (AvgIpc) is 2.82. The minimum atomic E-state index is -5.59. The van der Waals surface area contributed by atoms with E-state index in [1.165, 1.54) is 0 Å². The Kier molecular flexibility index (Phi) is 3.58. The molecular weight excluding hydrogens is 283 g/mol. The molecular formula is C10H15FO7S. The SMILES string of the molecule is O=C(OCC1CC2CC1CC2O)C(O)(F)S(=O)(=O)O. The van der Waals surface area contributed by atoms with Gasteiger partial charge in [-0.15, -0.1) is 0 Å². The fourth-order valence-electron chi connectivity index (χ4n) is 2.95. The van der Waals surface area contributed by atoms with Crippen molar-refractivity contribution < 1.29 is 37.1 Å². The molecule has 9 heteroatoms. The minimum Gasteiger partial charge on any atom is -0.460 e. The Morgan fingerprint density at radius 3 is 2.37 bits per heavy atom. The number of ether oxygens (including phenoxy) is 1. The van der Waals surface area contributed by atoms with Crippen molar-refractivity contribution in [3.05, 3.63) is 0 Å². The highest BCUT2D eigenvalue weighted by atomic mass is 32.2. The monoisotopic (exact) mass is 298 g/mol. The van der Waals surface area contributed by atoms with Gasteiger partial charge in [0.15, 0.2) is 0 Å². The maximum Gasteiger partial charge on any atom is 0.431 e. The summed E-state index contributed by atoms with van der Waals surface area (Å²) >= 11 is 0. The second-order valence-electron chi connectivity index (χ2n) is 5.19. The lowest BCUT2D eigenvalue weighted by molar-refractivity contribution is -0.172. The highest BCUT2D eigenvalue weighted by molar-refractivity contribution is 7.87. The quantitative estimate of drug-likeness (QED) is 0.470. The van der Waals surface area contributed by atoms with Crippen molar-refractivity contribution in [3.63, 3.8) is 0 Å². The first-order chi connectivity index (χ1) is 8.63. The lowest BCUT2D eigenvalue weighted by atomic mass is 9.88. The zero-order valence-electron chi connectivity index (χ0n) is 9.90. The smallest absolute Gasteiger partial charge is 0.431 e. The van der Waals surface area contributed by atoms with E-state index in [9.17, 15) is 22.7 Å². The topological polar surface area (TPSA) is 121 Å². The largest absolute Gasteiger partial charge is 0.460 e. The molecule has 19 heavy (non-hydrogen) atoms. The number of hydrogen-bond donors (Lipinski definition) is 3. The van der Waals surface area contributed by atoms with Crippen molar-refractivity contribution in [3.8, 4) is 0 Å². The van der Waals surface area contributed by atoms with Crippen LogP contribution in [0.1, 0.15) is 19.3 Å². The average molecular weight is 298 g/mol. The number of carbonyl (C=O) groups is 1. The lowest BCUT2D eigenvalue weighted by Gasteiger charge is -2.25. The summed E-state index contributed by atoms with van der Waals surface area (Å²) in [4.78, 5) is 11.1. The third-order valence-corrected chi connectivity index (χ3v) is 4.84. The normalized spacial score (nSPS) is 37.1. The zero-order valence-corrected chi connectivity index (χ0v) is 10.7. The van der Waals surface area contributed by atoms with Crippen molar-refractivity contribution in [1.82, 2.24) is 0 Å². The number of fused-ring (bicyclic) bond motifs is 2. The van der Waals surface area contributed by atoms with Gasteiger partial charge < -0.3 is 14.9 Å². The number of carbonyl (C=O) groups excluding carboxylic acids is 1. The van der Waals surface area contributed by atoms with E-state index in [4.69, 9.17) is 9.66 Å². The van der Waals surface area contributed by atoms with Crippen LogP contribution in [0.5, 0.6) is 0 Å². The maximum absolute atomic E-state index is 13.1. The van der Waals surface area contributed by atoms with Crippen molar-refractivity contribution >= 4 is 16.1 Å². The van der Waals surface area contributed by atoms with Crippen LogP contribution in [0.15, 0.2) is 0 Å². The van der Waals surface area contributed by atoms with Crippen LogP contribution in [-0.2, 0) is 19.6 Å². The highest BCUT2D eigenvalue weighted by Crippen LogP contribution is 2.48. The Balaban J connectivity index is 1.89. The fraction of sp³-hybridized carbons (Fsp3) is 0.900. The Bertz CT molecular complexity index is 472. The molecule has 7 nitrogen and oxygen atoms in total. The molecule has 0 aromatic carbocycles. The Morgan fingerprint density at radius 2 is 1.95 bits per heavy atom. The standard InChI is InChI=1S/C10H15FO7S/c11-10(14,19(15,16)17)9(13)18-4-7-2-6-1-5(7)3-8(6)12/h5-8,12,14H,1-4H2,(H,15,16,17). The van der Waals surface area contributed by atoms with Crippen LogP contribution < -0.4 is 0 Å². The third kappa shape index (κ3) is 2.60. The van der Waals surface area contributed by atoms with E-state index in [0.29, 0.717) is 12.8 Å². The number of halogens is 1. The summed E-state index contributed by atoms with van der Waals surface area (Å²) in [5, 5.41) is 13.8. The van der Waals surface area contributed by atoms with E-state index in [1.54, 1.807) is 0 Å².